The molecular weight excluding hydrogens is 426 g/mol. The monoisotopic (exact) mass is 445 g/mol. The van der Waals surface area contributed by atoms with Crippen LogP contribution in [0.1, 0.15) is 24.1 Å². The molecule has 0 fully saturated rings. The maximum absolute atomic E-state index is 13.1. The molecule has 3 amide bonds. The summed E-state index contributed by atoms with van der Waals surface area (Å²) in [4.78, 5) is 25.1. The van der Waals surface area contributed by atoms with Gasteiger partial charge in [-0.05, 0) is 59.1 Å². The zero-order chi connectivity index (χ0) is 20.4. The van der Waals surface area contributed by atoms with Crippen LogP contribution in [-0.2, 0) is 4.79 Å². The summed E-state index contributed by atoms with van der Waals surface area (Å²) in [7, 11) is 1.43. The van der Waals surface area contributed by atoms with Crippen LogP contribution in [0.25, 0.3) is 0 Å². The van der Waals surface area contributed by atoms with E-state index in [1.807, 2.05) is 31.2 Å². The van der Waals surface area contributed by atoms with Crippen LogP contribution in [0.5, 0.6) is 11.5 Å². The van der Waals surface area contributed by atoms with E-state index in [1.54, 1.807) is 19.1 Å². The summed E-state index contributed by atoms with van der Waals surface area (Å²) in [5, 5.41) is 18.4. The molecule has 0 bridgehead atoms. The Hall–Kier alpha value is -3.00. The van der Waals surface area contributed by atoms with Crippen molar-refractivity contribution in [1.82, 2.24) is 10.6 Å². The number of hydrogen-bond donors (Lipinski definition) is 4. The minimum atomic E-state index is -0.719. The van der Waals surface area contributed by atoms with E-state index in [2.05, 4.69) is 31.9 Å². The predicted octanol–water partition coefficient (Wildman–Crippen LogP) is 3.74. The molecule has 1 heterocycles. The Kier molecular flexibility index (Phi) is 5.60. The molecule has 3 rings (SSSR count). The zero-order valence-corrected chi connectivity index (χ0v) is 17.2. The summed E-state index contributed by atoms with van der Waals surface area (Å²) >= 11 is 3.28. The number of benzene rings is 2. The van der Waals surface area contributed by atoms with Crippen LogP contribution < -0.4 is 20.7 Å². The van der Waals surface area contributed by atoms with Gasteiger partial charge in [0.25, 0.3) is 5.91 Å². The third kappa shape index (κ3) is 3.82. The number of hydrogen-bond acceptors (Lipinski definition) is 4. The van der Waals surface area contributed by atoms with Gasteiger partial charge in [0.05, 0.1) is 23.2 Å². The van der Waals surface area contributed by atoms with E-state index in [1.165, 1.54) is 7.11 Å². The molecular formula is C20H20BrN3O4. The van der Waals surface area contributed by atoms with E-state index < -0.39 is 12.1 Å². The Morgan fingerprint density at radius 1 is 1.25 bits per heavy atom. The number of urea groups is 1. The van der Waals surface area contributed by atoms with Crippen LogP contribution >= 0.6 is 15.9 Å². The zero-order valence-electron chi connectivity index (χ0n) is 15.6. The number of aryl methyl sites for hydroxylation is 1. The lowest BCUT2D eigenvalue weighted by Crippen LogP contribution is -2.46. The van der Waals surface area contributed by atoms with Gasteiger partial charge < -0.3 is 25.8 Å². The molecule has 4 N–H and O–H groups in total. The number of anilines is 1. The van der Waals surface area contributed by atoms with Gasteiger partial charge in [-0.1, -0.05) is 18.2 Å². The fourth-order valence-corrected chi connectivity index (χ4v) is 3.52. The molecule has 0 saturated heterocycles. The molecule has 0 aliphatic carbocycles. The lowest BCUT2D eigenvalue weighted by atomic mass is 9.94. The van der Waals surface area contributed by atoms with Gasteiger partial charge in [-0.15, -0.1) is 0 Å². The van der Waals surface area contributed by atoms with E-state index in [4.69, 9.17) is 4.74 Å². The van der Waals surface area contributed by atoms with Gasteiger partial charge in [0.2, 0.25) is 0 Å². The van der Waals surface area contributed by atoms with Crippen LogP contribution in [0.4, 0.5) is 10.5 Å². The number of carbonyl (C=O) groups excluding carboxylic acids is 2. The largest absolute Gasteiger partial charge is 0.503 e. The maximum Gasteiger partial charge on any atom is 0.319 e. The first-order valence-electron chi connectivity index (χ1n) is 8.53. The number of phenolic OH excluding ortho intramolecular Hbond substituents is 1. The van der Waals surface area contributed by atoms with E-state index in [-0.39, 0.29) is 17.4 Å². The number of allylic oxidation sites excluding steroid dienone is 1. The second kappa shape index (κ2) is 7.93. The van der Waals surface area contributed by atoms with Crippen molar-refractivity contribution in [3.8, 4) is 11.5 Å². The van der Waals surface area contributed by atoms with Crippen LogP contribution in [0, 0.1) is 6.92 Å². The van der Waals surface area contributed by atoms with Crippen LogP contribution in [0.15, 0.2) is 52.1 Å². The lowest BCUT2D eigenvalue weighted by Gasteiger charge is -2.29. The number of carbonyl (C=O) groups is 2. The Morgan fingerprint density at radius 3 is 2.64 bits per heavy atom. The van der Waals surface area contributed by atoms with Crippen molar-refractivity contribution < 1.29 is 19.4 Å². The Labute approximate surface area is 170 Å². The average molecular weight is 446 g/mol. The molecule has 2 aromatic rings. The summed E-state index contributed by atoms with van der Waals surface area (Å²) in [5.41, 5.74) is 3.01. The molecule has 1 aliphatic rings. The number of para-hydroxylation sites is 1. The maximum atomic E-state index is 13.1. The average Bonchev–Trinajstić information content (AvgIpc) is 2.65. The number of aromatic hydroxyl groups is 1. The number of ether oxygens (including phenoxy) is 1. The van der Waals surface area contributed by atoms with Crippen molar-refractivity contribution >= 4 is 33.6 Å². The van der Waals surface area contributed by atoms with Gasteiger partial charge in [0.1, 0.15) is 0 Å². The lowest BCUT2D eigenvalue weighted by molar-refractivity contribution is -0.113. The van der Waals surface area contributed by atoms with Crippen molar-refractivity contribution in [2.24, 2.45) is 0 Å². The Balaban J connectivity index is 2.03. The minimum Gasteiger partial charge on any atom is -0.503 e. The molecule has 2 aromatic carbocycles. The molecule has 28 heavy (non-hydrogen) atoms. The molecule has 7 nitrogen and oxygen atoms in total. The second-order valence-corrected chi connectivity index (χ2v) is 7.25. The number of amides is 3. The first kappa shape index (κ1) is 19.8. The molecule has 146 valence electrons. The van der Waals surface area contributed by atoms with E-state index >= 15 is 0 Å². The number of phenols is 1. The fraction of sp³-hybridized carbons (Fsp3) is 0.200. The van der Waals surface area contributed by atoms with Crippen molar-refractivity contribution in [1.29, 1.82) is 0 Å². The predicted molar refractivity (Wildman–Crippen MR) is 109 cm³/mol. The Morgan fingerprint density at radius 2 is 1.96 bits per heavy atom. The molecule has 8 heteroatoms. The highest BCUT2D eigenvalue weighted by Crippen LogP contribution is 2.39. The van der Waals surface area contributed by atoms with Gasteiger partial charge in [-0.2, -0.15) is 0 Å². The highest BCUT2D eigenvalue weighted by molar-refractivity contribution is 9.10. The van der Waals surface area contributed by atoms with Gasteiger partial charge in [0.15, 0.2) is 11.5 Å². The second-order valence-electron chi connectivity index (χ2n) is 6.39. The molecule has 1 aliphatic heterocycles. The van der Waals surface area contributed by atoms with Gasteiger partial charge in [-0.3, -0.25) is 4.79 Å². The first-order chi connectivity index (χ1) is 13.3. The normalized spacial score (nSPS) is 16.3. The molecule has 0 aromatic heterocycles. The third-order valence-corrected chi connectivity index (χ3v) is 5.12. The summed E-state index contributed by atoms with van der Waals surface area (Å²) < 4.78 is 5.59. The molecule has 0 saturated carbocycles. The fourth-order valence-electron chi connectivity index (χ4n) is 3.06. The van der Waals surface area contributed by atoms with Gasteiger partial charge in [0, 0.05) is 11.4 Å². The summed E-state index contributed by atoms with van der Waals surface area (Å²) in [6, 6.07) is 9.53. The van der Waals surface area contributed by atoms with Crippen LogP contribution in [0.3, 0.4) is 0 Å². The van der Waals surface area contributed by atoms with E-state index in [0.717, 1.165) is 5.56 Å². The van der Waals surface area contributed by atoms with E-state index in [0.29, 0.717) is 27.0 Å². The first-order valence-corrected chi connectivity index (χ1v) is 9.32. The summed E-state index contributed by atoms with van der Waals surface area (Å²) in [5.74, 6) is -0.168. The molecule has 0 radical (unpaired) electrons. The molecule has 0 spiro atoms. The Bertz CT molecular complexity index is 987. The molecule has 1 unspecified atom stereocenters. The topological polar surface area (TPSA) is 99.7 Å². The van der Waals surface area contributed by atoms with Crippen LogP contribution in [-0.4, -0.2) is 24.2 Å². The number of methoxy groups -OCH3 is 1. The van der Waals surface area contributed by atoms with Crippen molar-refractivity contribution in [3.63, 3.8) is 0 Å². The quantitative estimate of drug-likeness (QED) is 0.575. The summed E-state index contributed by atoms with van der Waals surface area (Å²) in [6.45, 7) is 3.57. The van der Waals surface area contributed by atoms with Gasteiger partial charge in [-0.25, -0.2) is 4.79 Å². The number of halogens is 1. The minimum absolute atomic E-state index is 0.0573. The number of nitrogens with one attached hydrogen (secondary N) is 3. The highest BCUT2D eigenvalue weighted by Gasteiger charge is 2.32. The SMILES string of the molecule is COc1cc(C2NC(=O)NC(C)=C2C(=O)Nc2ccccc2C)cc(Br)c1O. The van der Waals surface area contributed by atoms with Gasteiger partial charge >= 0.3 is 6.03 Å². The van der Waals surface area contributed by atoms with E-state index in [9.17, 15) is 14.7 Å². The molecule has 1 atom stereocenters. The van der Waals surface area contributed by atoms with Crippen molar-refractivity contribution in [2.45, 2.75) is 19.9 Å². The standard InChI is InChI=1S/C20H20BrN3O4/c1-10-6-4-5-7-14(10)23-19(26)16-11(2)22-20(27)24-17(16)12-8-13(21)18(25)15(9-12)28-3/h4-9,17,25H,1-3H3,(H,23,26)(H2,22,24,27). The number of rotatable bonds is 4. The van der Waals surface area contributed by atoms with Crippen LogP contribution in [0.2, 0.25) is 0 Å². The van der Waals surface area contributed by atoms with Crippen molar-refractivity contribution in [2.75, 3.05) is 12.4 Å². The summed E-state index contributed by atoms with van der Waals surface area (Å²) in [6.07, 6.45) is 0. The van der Waals surface area contributed by atoms with Crippen molar-refractivity contribution in [3.05, 3.63) is 63.3 Å². The highest BCUT2D eigenvalue weighted by atomic mass is 79.9. The smallest absolute Gasteiger partial charge is 0.319 e. The third-order valence-electron chi connectivity index (χ3n) is 4.51.